The molecule has 0 aromatic heterocycles. The summed E-state index contributed by atoms with van der Waals surface area (Å²) in [6.07, 6.45) is 1.86. The van der Waals surface area contributed by atoms with E-state index in [1.165, 1.54) is 6.07 Å². The maximum atomic E-state index is 12.3. The number of amides is 1. The molecule has 0 radical (unpaired) electrons. The average Bonchev–Trinajstić information content (AvgIpc) is 2.45. The standard InChI is InChI=1S/C15H20F2N2O2/c1-10-6-7-18-12(8-10)14(20)19-9-11-4-2-3-5-13(11)21-15(16)17/h2-5,10,12,15,18H,6-9H2,1H3,(H,19,20). The minimum Gasteiger partial charge on any atom is -0.434 e. The highest BCUT2D eigenvalue weighted by atomic mass is 19.3. The molecule has 2 N–H and O–H groups in total. The second kappa shape index (κ2) is 7.36. The topological polar surface area (TPSA) is 50.4 Å². The Kier molecular flexibility index (Phi) is 5.50. The van der Waals surface area contributed by atoms with Gasteiger partial charge in [0, 0.05) is 12.1 Å². The Morgan fingerprint density at radius 1 is 1.48 bits per heavy atom. The van der Waals surface area contributed by atoms with Crippen molar-refractivity contribution in [2.24, 2.45) is 5.92 Å². The lowest BCUT2D eigenvalue weighted by molar-refractivity contribution is -0.124. The van der Waals surface area contributed by atoms with Crippen molar-refractivity contribution in [1.29, 1.82) is 0 Å². The van der Waals surface area contributed by atoms with Gasteiger partial charge in [0.1, 0.15) is 5.75 Å². The molecular weight excluding hydrogens is 278 g/mol. The predicted molar refractivity (Wildman–Crippen MR) is 75.1 cm³/mol. The van der Waals surface area contributed by atoms with Crippen LogP contribution in [-0.4, -0.2) is 25.1 Å². The van der Waals surface area contributed by atoms with E-state index in [0.29, 0.717) is 11.5 Å². The Morgan fingerprint density at radius 2 is 2.24 bits per heavy atom. The summed E-state index contributed by atoms with van der Waals surface area (Å²) in [5.41, 5.74) is 0.537. The van der Waals surface area contributed by atoms with Gasteiger partial charge in [-0.2, -0.15) is 8.78 Å². The zero-order valence-electron chi connectivity index (χ0n) is 11.9. The number of rotatable bonds is 5. The number of benzene rings is 1. The zero-order valence-corrected chi connectivity index (χ0v) is 11.9. The maximum absolute atomic E-state index is 12.3. The molecule has 1 fully saturated rings. The molecule has 21 heavy (non-hydrogen) atoms. The van der Waals surface area contributed by atoms with E-state index in [1.54, 1.807) is 18.2 Å². The first kappa shape index (κ1) is 15.7. The van der Waals surface area contributed by atoms with Gasteiger partial charge in [-0.15, -0.1) is 0 Å². The number of hydrogen-bond donors (Lipinski definition) is 2. The molecule has 116 valence electrons. The van der Waals surface area contributed by atoms with Crippen LogP contribution in [0.1, 0.15) is 25.3 Å². The van der Waals surface area contributed by atoms with Crippen molar-refractivity contribution in [3.8, 4) is 5.75 Å². The average molecular weight is 298 g/mol. The lowest BCUT2D eigenvalue weighted by Gasteiger charge is -2.27. The van der Waals surface area contributed by atoms with Crippen molar-refractivity contribution in [3.05, 3.63) is 29.8 Å². The summed E-state index contributed by atoms with van der Waals surface area (Å²) in [4.78, 5) is 12.1. The van der Waals surface area contributed by atoms with Crippen LogP contribution in [0.15, 0.2) is 24.3 Å². The fraction of sp³-hybridized carbons (Fsp3) is 0.533. The summed E-state index contributed by atoms with van der Waals surface area (Å²) >= 11 is 0. The van der Waals surface area contributed by atoms with Gasteiger partial charge in [0.15, 0.2) is 0 Å². The van der Waals surface area contributed by atoms with Gasteiger partial charge in [0.2, 0.25) is 5.91 Å². The fourth-order valence-corrected chi connectivity index (χ4v) is 2.47. The molecule has 4 nitrogen and oxygen atoms in total. The lowest BCUT2D eigenvalue weighted by atomic mass is 9.94. The Morgan fingerprint density at radius 3 is 2.95 bits per heavy atom. The van der Waals surface area contributed by atoms with Crippen LogP contribution in [0.25, 0.3) is 0 Å². The number of piperidine rings is 1. The normalized spacial score (nSPS) is 22.1. The summed E-state index contributed by atoms with van der Waals surface area (Å²) in [5.74, 6) is 0.502. The first-order chi connectivity index (χ1) is 10.1. The molecule has 0 spiro atoms. The van der Waals surface area contributed by atoms with Crippen LogP contribution in [-0.2, 0) is 11.3 Å². The molecule has 6 heteroatoms. The highest BCUT2D eigenvalue weighted by Gasteiger charge is 2.24. The second-order valence-electron chi connectivity index (χ2n) is 5.34. The van der Waals surface area contributed by atoms with Gasteiger partial charge in [0.05, 0.1) is 6.04 Å². The minimum absolute atomic E-state index is 0.0952. The third-order valence-electron chi connectivity index (χ3n) is 3.62. The number of alkyl halides is 2. The summed E-state index contributed by atoms with van der Waals surface area (Å²) < 4.78 is 29.1. The van der Waals surface area contributed by atoms with Gasteiger partial charge in [0.25, 0.3) is 0 Å². The van der Waals surface area contributed by atoms with E-state index in [9.17, 15) is 13.6 Å². The molecule has 1 aliphatic rings. The molecule has 0 aliphatic carbocycles. The smallest absolute Gasteiger partial charge is 0.387 e. The summed E-state index contributed by atoms with van der Waals surface area (Å²) in [7, 11) is 0. The largest absolute Gasteiger partial charge is 0.434 e. The van der Waals surface area contributed by atoms with Gasteiger partial charge in [-0.1, -0.05) is 25.1 Å². The molecule has 1 saturated heterocycles. The number of para-hydroxylation sites is 1. The van der Waals surface area contributed by atoms with Crippen LogP contribution in [0.2, 0.25) is 0 Å². The number of hydrogen-bond acceptors (Lipinski definition) is 3. The zero-order chi connectivity index (χ0) is 15.2. The molecule has 1 amide bonds. The fourth-order valence-electron chi connectivity index (χ4n) is 2.47. The van der Waals surface area contributed by atoms with Crippen molar-refractivity contribution in [3.63, 3.8) is 0 Å². The molecule has 1 aromatic carbocycles. The summed E-state index contributed by atoms with van der Waals surface area (Å²) in [5, 5.41) is 5.95. The molecule has 2 atom stereocenters. The van der Waals surface area contributed by atoms with Gasteiger partial charge < -0.3 is 15.4 Å². The van der Waals surface area contributed by atoms with Gasteiger partial charge in [-0.05, 0) is 31.4 Å². The van der Waals surface area contributed by atoms with Gasteiger partial charge >= 0.3 is 6.61 Å². The van der Waals surface area contributed by atoms with Crippen LogP contribution in [0, 0.1) is 5.92 Å². The van der Waals surface area contributed by atoms with Gasteiger partial charge in [-0.3, -0.25) is 4.79 Å². The number of nitrogens with one attached hydrogen (secondary N) is 2. The first-order valence-electron chi connectivity index (χ1n) is 7.10. The maximum Gasteiger partial charge on any atom is 0.387 e. The summed E-state index contributed by atoms with van der Waals surface area (Å²) in [6.45, 7) is 0.244. The van der Waals surface area contributed by atoms with E-state index >= 15 is 0 Å². The van der Waals surface area contributed by atoms with Crippen molar-refractivity contribution in [2.75, 3.05) is 6.54 Å². The quantitative estimate of drug-likeness (QED) is 0.877. The SMILES string of the molecule is CC1CCNC(C(=O)NCc2ccccc2OC(F)F)C1. The monoisotopic (exact) mass is 298 g/mol. The molecule has 0 saturated carbocycles. The number of carbonyl (C=O) groups excluding carboxylic acids is 1. The molecule has 1 aromatic rings. The number of halogens is 2. The van der Waals surface area contributed by atoms with Crippen molar-refractivity contribution in [2.45, 2.75) is 39.0 Å². The van der Waals surface area contributed by atoms with Crippen LogP contribution >= 0.6 is 0 Å². The molecule has 1 aliphatic heterocycles. The van der Waals surface area contributed by atoms with E-state index in [1.807, 2.05) is 0 Å². The Bertz CT molecular complexity index is 482. The lowest BCUT2D eigenvalue weighted by Crippen LogP contribution is -2.48. The van der Waals surface area contributed by atoms with E-state index in [0.717, 1.165) is 19.4 Å². The van der Waals surface area contributed by atoms with E-state index < -0.39 is 6.61 Å². The number of carbonyl (C=O) groups is 1. The number of ether oxygens (including phenoxy) is 1. The van der Waals surface area contributed by atoms with Crippen LogP contribution in [0.3, 0.4) is 0 Å². The Hall–Kier alpha value is -1.69. The highest BCUT2D eigenvalue weighted by molar-refractivity contribution is 5.81. The first-order valence-corrected chi connectivity index (χ1v) is 7.10. The van der Waals surface area contributed by atoms with E-state index in [4.69, 9.17) is 0 Å². The van der Waals surface area contributed by atoms with Crippen LogP contribution in [0.4, 0.5) is 8.78 Å². The van der Waals surface area contributed by atoms with E-state index in [-0.39, 0.29) is 24.2 Å². The summed E-state index contributed by atoms with van der Waals surface area (Å²) in [6, 6.07) is 6.26. The van der Waals surface area contributed by atoms with Crippen LogP contribution in [0.5, 0.6) is 5.75 Å². The van der Waals surface area contributed by atoms with Gasteiger partial charge in [-0.25, -0.2) is 0 Å². The molecular formula is C15H20F2N2O2. The highest BCUT2D eigenvalue weighted by Crippen LogP contribution is 2.20. The molecule has 2 rings (SSSR count). The van der Waals surface area contributed by atoms with Crippen molar-refractivity contribution >= 4 is 5.91 Å². The predicted octanol–water partition coefficient (Wildman–Crippen LogP) is 2.29. The Labute approximate surface area is 122 Å². The third-order valence-corrected chi connectivity index (χ3v) is 3.62. The minimum atomic E-state index is -2.87. The third kappa shape index (κ3) is 4.67. The van der Waals surface area contributed by atoms with Crippen LogP contribution < -0.4 is 15.4 Å². The second-order valence-corrected chi connectivity index (χ2v) is 5.34. The molecule has 1 heterocycles. The Balaban J connectivity index is 1.91. The van der Waals surface area contributed by atoms with Crippen molar-refractivity contribution in [1.82, 2.24) is 10.6 Å². The van der Waals surface area contributed by atoms with E-state index in [2.05, 4.69) is 22.3 Å². The molecule has 2 unspecified atom stereocenters. The molecule has 0 bridgehead atoms. The van der Waals surface area contributed by atoms with Crippen molar-refractivity contribution < 1.29 is 18.3 Å².